The van der Waals surface area contributed by atoms with E-state index in [4.69, 9.17) is 0 Å². The predicted molar refractivity (Wildman–Crippen MR) is 106 cm³/mol. The second-order valence-electron chi connectivity index (χ2n) is 6.18. The van der Waals surface area contributed by atoms with E-state index < -0.39 is 0 Å². The maximum absolute atomic E-state index is 2.40. The Morgan fingerprint density at radius 1 is 1.00 bits per heavy atom. The van der Waals surface area contributed by atoms with E-state index in [0.717, 1.165) is 6.54 Å². The van der Waals surface area contributed by atoms with Crippen LogP contribution in [-0.2, 0) is 7.05 Å². The van der Waals surface area contributed by atoms with E-state index in [-0.39, 0.29) is 0 Å². The van der Waals surface area contributed by atoms with Gasteiger partial charge in [0.2, 0.25) is 0 Å². The molecule has 0 atom stereocenters. The molecule has 0 spiro atoms. The number of aromatic nitrogens is 1. The average Bonchev–Trinajstić information content (AvgIpc) is 2.98. The first-order valence-corrected chi connectivity index (χ1v) is 9.38. The molecule has 0 unspecified atom stereocenters. The molecule has 0 fully saturated rings. The molecule has 0 saturated heterocycles. The Kier molecular flexibility index (Phi) is 4.33. The second kappa shape index (κ2) is 6.77. The Labute approximate surface area is 153 Å². The first-order chi connectivity index (χ1) is 12.2. The highest BCUT2D eigenvalue weighted by atomic mass is 32.2. The van der Waals surface area contributed by atoms with Crippen LogP contribution < -0.4 is 9.47 Å². The van der Waals surface area contributed by atoms with Gasteiger partial charge in [-0.15, -0.1) is 0 Å². The van der Waals surface area contributed by atoms with Crippen LogP contribution in [0.25, 0.3) is 17.2 Å². The summed E-state index contributed by atoms with van der Waals surface area (Å²) in [7, 11) is 2.06. The van der Waals surface area contributed by atoms with Gasteiger partial charge in [0.1, 0.15) is 7.05 Å². The van der Waals surface area contributed by atoms with Crippen LogP contribution in [0.5, 0.6) is 0 Å². The number of aryl methyl sites for hydroxylation is 1. The van der Waals surface area contributed by atoms with E-state index >= 15 is 0 Å². The van der Waals surface area contributed by atoms with Gasteiger partial charge in [-0.3, -0.25) is 0 Å². The zero-order valence-electron chi connectivity index (χ0n) is 14.5. The van der Waals surface area contributed by atoms with Gasteiger partial charge in [0.15, 0.2) is 12.4 Å². The van der Waals surface area contributed by atoms with E-state index in [2.05, 4.69) is 103 Å². The molecule has 1 aliphatic rings. The maximum Gasteiger partial charge on any atom is 0.175 e. The zero-order chi connectivity index (χ0) is 17.2. The van der Waals surface area contributed by atoms with Gasteiger partial charge in [0, 0.05) is 23.1 Å². The molecule has 0 saturated carbocycles. The summed E-state index contributed by atoms with van der Waals surface area (Å²) in [6, 6.07) is 21.6. The molecule has 0 radical (unpaired) electrons. The summed E-state index contributed by atoms with van der Waals surface area (Å²) >= 11 is 1.85. The SMILES string of the molecule is CCN1/C(=C\c2ccc[n+](C)c2)Sc2ccc(-c3ccccc3)cc21. The molecule has 124 valence electrons. The monoisotopic (exact) mass is 345 g/mol. The van der Waals surface area contributed by atoms with Gasteiger partial charge in [0.25, 0.3) is 0 Å². The van der Waals surface area contributed by atoms with E-state index in [9.17, 15) is 0 Å². The quantitative estimate of drug-likeness (QED) is 0.609. The lowest BCUT2D eigenvalue weighted by Gasteiger charge is -2.18. The summed E-state index contributed by atoms with van der Waals surface area (Å²) in [6.07, 6.45) is 6.48. The molecule has 0 N–H and O–H groups in total. The highest BCUT2D eigenvalue weighted by molar-refractivity contribution is 8.03. The van der Waals surface area contributed by atoms with Gasteiger partial charge in [-0.05, 0) is 42.3 Å². The molecule has 0 amide bonds. The third kappa shape index (κ3) is 3.20. The van der Waals surface area contributed by atoms with Gasteiger partial charge >= 0.3 is 0 Å². The van der Waals surface area contributed by atoms with E-state index in [1.807, 2.05) is 11.8 Å². The molecule has 4 rings (SSSR count). The normalized spacial score (nSPS) is 14.8. The minimum atomic E-state index is 0.961. The standard InChI is InChI=1S/C22H21N2S/c1-3-24-20-15-19(18-9-5-4-6-10-18)11-12-21(20)25-22(24)14-17-8-7-13-23(2)16-17/h4-16H,3H2,1-2H3/q+1/b22-14+. The van der Waals surface area contributed by atoms with Crippen LogP contribution in [0.1, 0.15) is 12.5 Å². The summed E-state index contributed by atoms with van der Waals surface area (Å²) in [4.78, 5) is 3.73. The van der Waals surface area contributed by atoms with Crippen LogP contribution in [-0.4, -0.2) is 6.54 Å². The van der Waals surface area contributed by atoms with Crippen LogP contribution >= 0.6 is 11.8 Å². The summed E-state index contributed by atoms with van der Waals surface area (Å²) in [6.45, 7) is 3.17. The zero-order valence-corrected chi connectivity index (χ0v) is 15.3. The van der Waals surface area contributed by atoms with Crippen molar-refractivity contribution in [1.82, 2.24) is 0 Å². The number of anilines is 1. The largest absolute Gasteiger partial charge is 0.335 e. The number of hydrogen-bond acceptors (Lipinski definition) is 2. The Morgan fingerprint density at radius 3 is 2.60 bits per heavy atom. The molecule has 1 aromatic heterocycles. The van der Waals surface area contributed by atoms with Gasteiger partial charge in [-0.1, -0.05) is 48.2 Å². The maximum atomic E-state index is 2.40. The Bertz CT molecular complexity index is 932. The lowest BCUT2D eigenvalue weighted by molar-refractivity contribution is -0.671. The molecule has 0 bridgehead atoms. The number of hydrogen-bond donors (Lipinski definition) is 0. The minimum absolute atomic E-state index is 0.961. The molecular weight excluding hydrogens is 324 g/mol. The van der Waals surface area contributed by atoms with Crippen molar-refractivity contribution < 1.29 is 4.57 Å². The smallest absolute Gasteiger partial charge is 0.175 e. The molecule has 2 nitrogen and oxygen atoms in total. The number of rotatable bonds is 3. The van der Waals surface area contributed by atoms with E-state index in [0.29, 0.717) is 0 Å². The lowest BCUT2D eigenvalue weighted by Crippen LogP contribution is -2.26. The van der Waals surface area contributed by atoms with Crippen LogP contribution in [0.2, 0.25) is 0 Å². The number of fused-ring (bicyclic) bond motifs is 1. The van der Waals surface area contributed by atoms with Crippen LogP contribution in [0.15, 0.2) is 83.0 Å². The molecule has 25 heavy (non-hydrogen) atoms. The molecule has 0 aliphatic carbocycles. The highest BCUT2D eigenvalue weighted by Crippen LogP contribution is 2.47. The second-order valence-corrected chi connectivity index (χ2v) is 7.24. The summed E-state index contributed by atoms with van der Waals surface area (Å²) in [5.74, 6) is 0. The number of benzene rings is 2. The first-order valence-electron chi connectivity index (χ1n) is 8.56. The van der Waals surface area contributed by atoms with E-state index in [1.165, 1.54) is 32.3 Å². The topological polar surface area (TPSA) is 7.12 Å². The fourth-order valence-corrected chi connectivity index (χ4v) is 4.35. The van der Waals surface area contributed by atoms with Crippen molar-refractivity contribution in [2.75, 3.05) is 11.4 Å². The van der Waals surface area contributed by atoms with Crippen molar-refractivity contribution in [3.05, 3.63) is 83.6 Å². The third-order valence-electron chi connectivity index (χ3n) is 4.41. The minimum Gasteiger partial charge on any atom is -0.335 e. The molecule has 3 heteroatoms. The van der Waals surface area contributed by atoms with Crippen molar-refractivity contribution in [3.63, 3.8) is 0 Å². The lowest BCUT2D eigenvalue weighted by atomic mass is 10.0. The van der Waals surface area contributed by atoms with Crippen molar-refractivity contribution >= 4 is 23.5 Å². The number of pyridine rings is 1. The molecule has 2 heterocycles. The fraction of sp³-hybridized carbons (Fsp3) is 0.136. The fourth-order valence-electron chi connectivity index (χ4n) is 3.18. The van der Waals surface area contributed by atoms with Crippen LogP contribution in [0, 0.1) is 0 Å². The molecular formula is C22H21N2S+. The predicted octanol–water partition coefficient (Wildman–Crippen LogP) is 5.11. The van der Waals surface area contributed by atoms with Crippen molar-refractivity contribution in [1.29, 1.82) is 0 Å². The van der Waals surface area contributed by atoms with Gasteiger partial charge in [-0.25, -0.2) is 4.57 Å². The summed E-state index contributed by atoms with van der Waals surface area (Å²) in [5.41, 5.74) is 5.06. The summed E-state index contributed by atoms with van der Waals surface area (Å²) in [5, 5.41) is 1.29. The number of nitrogens with zero attached hydrogens (tertiary/aromatic N) is 2. The van der Waals surface area contributed by atoms with Crippen molar-refractivity contribution in [3.8, 4) is 11.1 Å². The Hall–Kier alpha value is -2.52. The average molecular weight is 345 g/mol. The van der Waals surface area contributed by atoms with Gasteiger partial charge < -0.3 is 4.90 Å². The third-order valence-corrected chi connectivity index (χ3v) is 5.52. The summed E-state index contributed by atoms with van der Waals surface area (Å²) < 4.78 is 2.09. The van der Waals surface area contributed by atoms with Gasteiger partial charge in [0.05, 0.1) is 10.7 Å². The van der Waals surface area contributed by atoms with Crippen LogP contribution in [0.3, 0.4) is 0 Å². The van der Waals surface area contributed by atoms with Gasteiger partial charge in [-0.2, -0.15) is 0 Å². The van der Waals surface area contributed by atoms with Crippen molar-refractivity contribution in [2.24, 2.45) is 7.05 Å². The van der Waals surface area contributed by atoms with E-state index in [1.54, 1.807) is 0 Å². The Balaban J connectivity index is 1.72. The molecule has 3 aromatic rings. The van der Waals surface area contributed by atoms with Crippen LogP contribution in [0.4, 0.5) is 5.69 Å². The highest BCUT2D eigenvalue weighted by Gasteiger charge is 2.24. The van der Waals surface area contributed by atoms with Crippen molar-refractivity contribution in [2.45, 2.75) is 11.8 Å². The molecule has 1 aliphatic heterocycles. The number of thioether (sulfide) groups is 1. The first kappa shape index (κ1) is 16.0. The Morgan fingerprint density at radius 2 is 1.84 bits per heavy atom. The molecule has 2 aromatic carbocycles.